The molecule has 2 N–H and O–H groups in total. The molecule has 108 valence electrons. The minimum atomic E-state index is 0.0873. The molecule has 3 heteroatoms. The Kier molecular flexibility index (Phi) is 7.53. The standard InChI is InChI=1S/C15H31NO2/c1-11(2)13(7-8-17)16-14(18)9-12(3)10-15(4,5)6/h11-13,17H,7-10H2,1-6H3,(H,16,18). The van der Waals surface area contributed by atoms with E-state index in [9.17, 15) is 4.79 Å². The first-order chi connectivity index (χ1) is 8.15. The van der Waals surface area contributed by atoms with Gasteiger partial charge in [-0.15, -0.1) is 0 Å². The molecule has 0 bridgehead atoms. The molecule has 1 amide bonds. The number of carbonyl (C=O) groups excluding carboxylic acids is 1. The number of nitrogens with one attached hydrogen (secondary N) is 1. The van der Waals surface area contributed by atoms with Crippen LogP contribution in [-0.2, 0) is 4.79 Å². The summed E-state index contributed by atoms with van der Waals surface area (Å²) in [7, 11) is 0. The Labute approximate surface area is 112 Å². The largest absolute Gasteiger partial charge is 0.396 e. The second kappa shape index (κ2) is 7.78. The highest BCUT2D eigenvalue weighted by Crippen LogP contribution is 2.25. The first-order valence-corrected chi connectivity index (χ1v) is 7.06. The Bertz CT molecular complexity index is 243. The van der Waals surface area contributed by atoms with Crippen molar-refractivity contribution in [2.45, 2.75) is 66.8 Å². The number of aliphatic hydroxyl groups is 1. The molecule has 0 saturated heterocycles. The summed E-state index contributed by atoms with van der Waals surface area (Å²) in [5, 5.41) is 12.0. The summed E-state index contributed by atoms with van der Waals surface area (Å²) in [6.07, 6.45) is 2.26. The van der Waals surface area contributed by atoms with Crippen LogP contribution in [0.15, 0.2) is 0 Å². The predicted molar refractivity (Wildman–Crippen MR) is 76.3 cm³/mol. The highest BCUT2D eigenvalue weighted by molar-refractivity contribution is 5.76. The summed E-state index contributed by atoms with van der Waals surface area (Å²) < 4.78 is 0. The van der Waals surface area contributed by atoms with Crippen LogP contribution in [-0.4, -0.2) is 23.7 Å². The van der Waals surface area contributed by atoms with Crippen molar-refractivity contribution >= 4 is 5.91 Å². The topological polar surface area (TPSA) is 49.3 Å². The lowest BCUT2D eigenvalue weighted by molar-refractivity contribution is -0.123. The number of hydrogen-bond donors (Lipinski definition) is 2. The number of hydrogen-bond acceptors (Lipinski definition) is 2. The van der Waals surface area contributed by atoms with Crippen LogP contribution in [0, 0.1) is 17.3 Å². The van der Waals surface area contributed by atoms with E-state index in [1.165, 1.54) is 0 Å². The molecule has 0 aromatic heterocycles. The molecule has 0 aliphatic carbocycles. The van der Waals surface area contributed by atoms with E-state index < -0.39 is 0 Å². The summed E-state index contributed by atoms with van der Waals surface area (Å²) >= 11 is 0. The van der Waals surface area contributed by atoms with Gasteiger partial charge in [-0.05, 0) is 30.1 Å². The van der Waals surface area contributed by atoms with E-state index in [0.29, 0.717) is 24.7 Å². The molecular formula is C15H31NO2. The van der Waals surface area contributed by atoms with Crippen LogP contribution in [0.3, 0.4) is 0 Å². The molecule has 0 fully saturated rings. The van der Waals surface area contributed by atoms with Crippen molar-refractivity contribution in [3.63, 3.8) is 0 Å². The Morgan fingerprint density at radius 2 is 1.78 bits per heavy atom. The summed E-state index contributed by atoms with van der Waals surface area (Å²) in [6, 6.07) is 0.0873. The van der Waals surface area contributed by atoms with Gasteiger partial charge in [0.2, 0.25) is 5.91 Å². The maximum absolute atomic E-state index is 11.9. The minimum Gasteiger partial charge on any atom is -0.396 e. The molecule has 2 unspecified atom stereocenters. The Morgan fingerprint density at radius 3 is 2.17 bits per heavy atom. The van der Waals surface area contributed by atoms with Crippen LogP contribution in [0.4, 0.5) is 0 Å². The molecule has 0 aromatic rings. The SMILES string of the molecule is CC(CC(=O)NC(CCO)C(C)C)CC(C)(C)C. The lowest BCUT2D eigenvalue weighted by Gasteiger charge is -2.25. The zero-order chi connectivity index (χ0) is 14.3. The Balaban J connectivity index is 4.16. The van der Waals surface area contributed by atoms with Crippen molar-refractivity contribution in [2.75, 3.05) is 6.61 Å². The third kappa shape index (κ3) is 8.51. The Morgan fingerprint density at radius 1 is 1.22 bits per heavy atom. The zero-order valence-corrected chi connectivity index (χ0v) is 12.9. The number of rotatable bonds is 7. The number of aliphatic hydroxyl groups excluding tert-OH is 1. The highest BCUT2D eigenvalue weighted by Gasteiger charge is 2.20. The van der Waals surface area contributed by atoms with Gasteiger partial charge in [0.15, 0.2) is 0 Å². The Hall–Kier alpha value is -0.570. The molecule has 0 aliphatic heterocycles. The van der Waals surface area contributed by atoms with Gasteiger partial charge in [-0.1, -0.05) is 41.5 Å². The first-order valence-electron chi connectivity index (χ1n) is 7.06. The van der Waals surface area contributed by atoms with Gasteiger partial charge in [0.05, 0.1) is 0 Å². The molecule has 0 spiro atoms. The second-order valence-corrected chi connectivity index (χ2v) is 7.00. The normalized spacial score (nSPS) is 15.6. The van der Waals surface area contributed by atoms with Gasteiger partial charge in [-0.25, -0.2) is 0 Å². The highest BCUT2D eigenvalue weighted by atomic mass is 16.3. The van der Waals surface area contributed by atoms with Crippen LogP contribution < -0.4 is 5.32 Å². The van der Waals surface area contributed by atoms with Gasteiger partial charge in [-0.2, -0.15) is 0 Å². The summed E-state index contributed by atoms with van der Waals surface area (Å²) in [6.45, 7) is 13.0. The third-order valence-corrected chi connectivity index (χ3v) is 3.09. The van der Waals surface area contributed by atoms with Gasteiger partial charge in [0.25, 0.3) is 0 Å². The maximum Gasteiger partial charge on any atom is 0.220 e. The molecule has 0 rings (SSSR count). The van der Waals surface area contributed by atoms with Gasteiger partial charge >= 0.3 is 0 Å². The summed E-state index contributed by atoms with van der Waals surface area (Å²) in [4.78, 5) is 11.9. The zero-order valence-electron chi connectivity index (χ0n) is 12.9. The molecule has 0 saturated carbocycles. The molecule has 0 aliphatic rings. The van der Waals surface area contributed by atoms with E-state index in [4.69, 9.17) is 5.11 Å². The van der Waals surface area contributed by atoms with Crippen LogP contribution in [0.25, 0.3) is 0 Å². The average Bonchev–Trinajstić information content (AvgIpc) is 2.13. The van der Waals surface area contributed by atoms with E-state index in [2.05, 4.69) is 46.9 Å². The number of amides is 1. The van der Waals surface area contributed by atoms with Gasteiger partial charge in [0, 0.05) is 19.1 Å². The fourth-order valence-corrected chi connectivity index (χ4v) is 2.41. The van der Waals surface area contributed by atoms with Crippen molar-refractivity contribution in [3.8, 4) is 0 Å². The van der Waals surface area contributed by atoms with E-state index in [0.717, 1.165) is 6.42 Å². The third-order valence-electron chi connectivity index (χ3n) is 3.09. The smallest absolute Gasteiger partial charge is 0.220 e. The van der Waals surface area contributed by atoms with Gasteiger partial charge in [-0.3, -0.25) is 4.79 Å². The van der Waals surface area contributed by atoms with Crippen molar-refractivity contribution in [1.82, 2.24) is 5.32 Å². The number of carbonyl (C=O) groups is 1. The molecular weight excluding hydrogens is 226 g/mol. The van der Waals surface area contributed by atoms with Crippen molar-refractivity contribution < 1.29 is 9.90 Å². The van der Waals surface area contributed by atoms with Crippen LogP contribution >= 0.6 is 0 Å². The van der Waals surface area contributed by atoms with E-state index in [-0.39, 0.29) is 24.0 Å². The van der Waals surface area contributed by atoms with E-state index in [1.54, 1.807) is 0 Å². The van der Waals surface area contributed by atoms with Gasteiger partial charge < -0.3 is 10.4 Å². The van der Waals surface area contributed by atoms with Crippen LogP contribution in [0.2, 0.25) is 0 Å². The fourth-order valence-electron chi connectivity index (χ4n) is 2.41. The monoisotopic (exact) mass is 257 g/mol. The van der Waals surface area contributed by atoms with Crippen molar-refractivity contribution in [2.24, 2.45) is 17.3 Å². The van der Waals surface area contributed by atoms with E-state index in [1.807, 2.05) is 0 Å². The average molecular weight is 257 g/mol. The minimum absolute atomic E-state index is 0.0873. The molecule has 0 aromatic carbocycles. The molecule has 3 nitrogen and oxygen atoms in total. The van der Waals surface area contributed by atoms with Crippen molar-refractivity contribution in [3.05, 3.63) is 0 Å². The quantitative estimate of drug-likeness (QED) is 0.736. The van der Waals surface area contributed by atoms with Crippen molar-refractivity contribution in [1.29, 1.82) is 0 Å². The van der Waals surface area contributed by atoms with Crippen LogP contribution in [0.5, 0.6) is 0 Å². The molecule has 0 radical (unpaired) electrons. The maximum atomic E-state index is 11.9. The summed E-state index contributed by atoms with van der Waals surface area (Å²) in [5.74, 6) is 0.866. The molecule has 18 heavy (non-hydrogen) atoms. The first kappa shape index (κ1) is 17.4. The summed E-state index contributed by atoms with van der Waals surface area (Å²) in [5.41, 5.74) is 0.266. The van der Waals surface area contributed by atoms with E-state index >= 15 is 0 Å². The molecule has 2 atom stereocenters. The van der Waals surface area contributed by atoms with Gasteiger partial charge in [0.1, 0.15) is 0 Å². The lowest BCUT2D eigenvalue weighted by Crippen LogP contribution is -2.39. The fraction of sp³-hybridized carbons (Fsp3) is 0.933. The lowest BCUT2D eigenvalue weighted by atomic mass is 9.84. The molecule has 0 heterocycles. The predicted octanol–water partition coefficient (Wildman–Crippen LogP) is 2.97. The van der Waals surface area contributed by atoms with Crippen LogP contribution in [0.1, 0.15) is 60.8 Å². The second-order valence-electron chi connectivity index (χ2n) is 7.00.